The monoisotopic (exact) mass is 233 g/mol. The summed E-state index contributed by atoms with van der Waals surface area (Å²) >= 11 is 0. The molecule has 0 saturated heterocycles. The fourth-order valence-electron chi connectivity index (χ4n) is 1.67. The summed E-state index contributed by atoms with van der Waals surface area (Å²) in [5.74, 6) is -0.228. The van der Waals surface area contributed by atoms with Crippen molar-refractivity contribution in [2.75, 3.05) is 7.05 Å². The molecule has 0 radical (unpaired) electrons. The predicted octanol–water partition coefficient (Wildman–Crippen LogP) is 2.37. The van der Waals surface area contributed by atoms with Crippen molar-refractivity contribution in [3.8, 4) is 11.3 Å². The molecule has 2 rings (SSSR count). The third kappa shape index (κ3) is 2.91. The molecule has 0 saturated carbocycles. The van der Waals surface area contributed by atoms with Crippen LogP contribution in [0.3, 0.4) is 0 Å². The van der Waals surface area contributed by atoms with Gasteiger partial charge in [-0.3, -0.25) is 5.10 Å². The van der Waals surface area contributed by atoms with Crippen molar-refractivity contribution < 1.29 is 4.39 Å². The van der Waals surface area contributed by atoms with Gasteiger partial charge >= 0.3 is 0 Å². The average Bonchev–Trinajstić information content (AvgIpc) is 2.78. The van der Waals surface area contributed by atoms with Crippen LogP contribution < -0.4 is 5.32 Å². The normalized spacial score (nSPS) is 12.6. The zero-order valence-corrected chi connectivity index (χ0v) is 10.00. The Kier molecular flexibility index (Phi) is 3.54. The third-order valence-corrected chi connectivity index (χ3v) is 2.79. The summed E-state index contributed by atoms with van der Waals surface area (Å²) < 4.78 is 12.8. The van der Waals surface area contributed by atoms with E-state index in [1.54, 1.807) is 12.1 Å². The van der Waals surface area contributed by atoms with Crippen LogP contribution in [0.15, 0.2) is 30.3 Å². The molecule has 0 spiro atoms. The molecule has 0 amide bonds. The van der Waals surface area contributed by atoms with Crippen LogP contribution in [0.1, 0.15) is 12.6 Å². The van der Waals surface area contributed by atoms with Crippen LogP contribution in [0.4, 0.5) is 4.39 Å². The van der Waals surface area contributed by atoms with Gasteiger partial charge in [0.2, 0.25) is 0 Å². The maximum atomic E-state index is 12.8. The lowest BCUT2D eigenvalue weighted by Gasteiger charge is -2.06. The summed E-state index contributed by atoms with van der Waals surface area (Å²) in [6.45, 7) is 2.11. The number of H-pyrrole nitrogens is 1. The minimum absolute atomic E-state index is 0.228. The van der Waals surface area contributed by atoms with E-state index in [4.69, 9.17) is 0 Å². The number of aromatic amines is 1. The highest BCUT2D eigenvalue weighted by Gasteiger charge is 2.06. The molecular weight excluding hydrogens is 217 g/mol. The predicted molar refractivity (Wildman–Crippen MR) is 66.2 cm³/mol. The van der Waals surface area contributed by atoms with Gasteiger partial charge in [-0.2, -0.15) is 5.10 Å². The van der Waals surface area contributed by atoms with Crippen LogP contribution >= 0.6 is 0 Å². The van der Waals surface area contributed by atoms with Crippen molar-refractivity contribution >= 4 is 0 Å². The molecule has 0 fully saturated rings. The zero-order chi connectivity index (χ0) is 12.3. The van der Waals surface area contributed by atoms with Gasteiger partial charge in [0.05, 0.1) is 5.69 Å². The van der Waals surface area contributed by atoms with Gasteiger partial charge in [0.1, 0.15) is 5.82 Å². The van der Waals surface area contributed by atoms with E-state index in [1.165, 1.54) is 12.1 Å². The second-order valence-corrected chi connectivity index (χ2v) is 4.18. The number of nitrogens with zero attached hydrogens (tertiary/aromatic N) is 1. The Balaban J connectivity index is 2.15. The van der Waals surface area contributed by atoms with Gasteiger partial charge < -0.3 is 5.32 Å². The van der Waals surface area contributed by atoms with E-state index in [0.29, 0.717) is 6.04 Å². The topological polar surface area (TPSA) is 40.7 Å². The first kappa shape index (κ1) is 11.8. The minimum Gasteiger partial charge on any atom is -0.317 e. The number of hydrogen-bond donors (Lipinski definition) is 2. The molecule has 2 N–H and O–H groups in total. The molecule has 17 heavy (non-hydrogen) atoms. The molecule has 1 aromatic carbocycles. The van der Waals surface area contributed by atoms with Crippen molar-refractivity contribution in [3.05, 3.63) is 41.8 Å². The lowest BCUT2D eigenvalue weighted by Crippen LogP contribution is -2.23. The van der Waals surface area contributed by atoms with Crippen molar-refractivity contribution in [2.45, 2.75) is 19.4 Å². The summed E-state index contributed by atoms with van der Waals surface area (Å²) in [6.07, 6.45) is 0.894. The first-order valence-electron chi connectivity index (χ1n) is 5.66. The van der Waals surface area contributed by atoms with Gasteiger partial charge in [0.15, 0.2) is 0 Å². The number of benzene rings is 1. The summed E-state index contributed by atoms with van der Waals surface area (Å²) in [6, 6.07) is 8.76. The van der Waals surface area contributed by atoms with E-state index in [1.807, 2.05) is 13.1 Å². The van der Waals surface area contributed by atoms with Gasteiger partial charge in [0, 0.05) is 23.7 Å². The van der Waals surface area contributed by atoms with Gasteiger partial charge in [-0.25, -0.2) is 4.39 Å². The second kappa shape index (κ2) is 5.10. The second-order valence-electron chi connectivity index (χ2n) is 4.18. The highest BCUT2D eigenvalue weighted by Crippen LogP contribution is 2.18. The van der Waals surface area contributed by atoms with Crippen molar-refractivity contribution in [1.29, 1.82) is 0 Å². The Morgan fingerprint density at radius 3 is 2.71 bits per heavy atom. The number of hydrogen-bond acceptors (Lipinski definition) is 2. The van der Waals surface area contributed by atoms with Gasteiger partial charge in [0.25, 0.3) is 0 Å². The van der Waals surface area contributed by atoms with Crippen LogP contribution in [0.2, 0.25) is 0 Å². The first-order chi connectivity index (χ1) is 8.19. The number of aromatic nitrogens is 2. The summed E-state index contributed by atoms with van der Waals surface area (Å²) in [5.41, 5.74) is 2.85. The smallest absolute Gasteiger partial charge is 0.123 e. The molecule has 0 aliphatic rings. The van der Waals surface area contributed by atoms with E-state index in [-0.39, 0.29) is 5.82 Å². The van der Waals surface area contributed by atoms with Crippen molar-refractivity contribution in [3.63, 3.8) is 0 Å². The van der Waals surface area contributed by atoms with Gasteiger partial charge in [-0.15, -0.1) is 0 Å². The molecule has 90 valence electrons. The Labute approximate surface area is 100 Å². The lowest BCUT2D eigenvalue weighted by molar-refractivity contribution is 0.600. The summed E-state index contributed by atoms with van der Waals surface area (Å²) in [7, 11) is 1.93. The van der Waals surface area contributed by atoms with Crippen molar-refractivity contribution in [2.24, 2.45) is 0 Å². The van der Waals surface area contributed by atoms with Gasteiger partial charge in [-0.05, 0) is 44.3 Å². The van der Waals surface area contributed by atoms with Crippen LogP contribution in [0, 0.1) is 5.82 Å². The largest absolute Gasteiger partial charge is 0.317 e. The van der Waals surface area contributed by atoms with Crippen LogP contribution in [-0.2, 0) is 6.42 Å². The number of likely N-dealkylation sites (N-methyl/N-ethyl adjacent to an activating group) is 1. The molecule has 2 aromatic rings. The quantitative estimate of drug-likeness (QED) is 0.851. The van der Waals surface area contributed by atoms with Gasteiger partial charge in [-0.1, -0.05) is 0 Å². The standard InChI is InChI=1S/C13H16FN3/c1-9(15-2)7-12-8-13(17-16-12)10-3-5-11(14)6-4-10/h3-6,8-9,15H,7H2,1-2H3,(H,16,17). The molecule has 0 bridgehead atoms. The van der Waals surface area contributed by atoms with E-state index >= 15 is 0 Å². The minimum atomic E-state index is -0.228. The first-order valence-corrected chi connectivity index (χ1v) is 5.66. The van der Waals surface area contributed by atoms with Crippen LogP contribution in [0.5, 0.6) is 0 Å². The number of halogens is 1. The molecule has 1 heterocycles. The summed E-state index contributed by atoms with van der Waals surface area (Å²) in [4.78, 5) is 0. The Morgan fingerprint density at radius 1 is 1.35 bits per heavy atom. The highest BCUT2D eigenvalue weighted by molar-refractivity contribution is 5.59. The highest BCUT2D eigenvalue weighted by atomic mass is 19.1. The number of nitrogens with one attached hydrogen (secondary N) is 2. The molecule has 1 unspecified atom stereocenters. The van der Waals surface area contributed by atoms with Crippen LogP contribution in [-0.4, -0.2) is 23.3 Å². The fourth-order valence-corrected chi connectivity index (χ4v) is 1.67. The van der Waals surface area contributed by atoms with Crippen LogP contribution in [0.25, 0.3) is 11.3 Å². The maximum absolute atomic E-state index is 12.8. The molecular formula is C13H16FN3. The molecule has 0 aliphatic heterocycles. The zero-order valence-electron chi connectivity index (χ0n) is 10.00. The number of rotatable bonds is 4. The maximum Gasteiger partial charge on any atom is 0.123 e. The summed E-state index contributed by atoms with van der Waals surface area (Å²) in [5, 5.41) is 10.4. The van der Waals surface area contributed by atoms with E-state index in [2.05, 4.69) is 22.4 Å². The van der Waals surface area contributed by atoms with E-state index in [0.717, 1.165) is 23.4 Å². The molecule has 4 heteroatoms. The van der Waals surface area contributed by atoms with E-state index in [9.17, 15) is 4.39 Å². The molecule has 1 atom stereocenters. The molecule has 0 aliphatic carbocycles. The Bertz CT molecular complexity index is 476. The Morgan fingerprint density at radius 2 is 2.06 bits per heavy atom. The van der Waals surface area contributed by atoms with Crippen molar-refractivity contribution in [1.82, 2.24) is 15.5 Å². The fraction of sp³-hybridized carbons (Fsp3) is 0.308. The molecule has 1 aromatic heterocycles. The molecule has 3 nitrogen and oxygen atoms in total. The average molecular weight is 233 g/mol. The third-order valence-electron chi connectivity index (χ3n) is 2.79. The Hall–Kier alpha value is -1.68. The van der Waals surface area contributed by atoms with E-state index < -0.39 is 0 Å². The lowest BCUT2D eigenvalue weighted by atomic mass is 10.1. The SMILES string of the molecule is CNC(C)Cc1cc(-c2ccc(F)cc2)n[nH]1.